The molecule has 6 nitrogen and oxygen atoms in total. The largest absolute Gasteiger partial charge is 0.478 e. The third kappa shape index (κ3) is 3.53. The van der Waals surface area contributed by atoms with Gasteiger partial charge in [-0.3, -0.25) is 10.1 Å². The van der Waals surface area contributed by atoms with Crippen LogP contribution in [0.1, 0.15) is 15.9 Å². The SMILES string of the molecule is O=C(O)C=Cc1ccc(C(=O)Nc2ncc[nH]2)cc1. The molecule has 0 aliphatic heterocycles. The van der Waals surface area contributed by atoms with Gasteiger partial charge in [0, 0.05) is 24.0 Å². The summed E-state index contributed by atoms with van der Waals surface area (Å²) < 4.78 is 0. The smallest absolute Gasteiger partial charge is 0.328 e. The highest BCUT2D eigenvalue weighted by molar-refractivity contribution is 6.03. The highest BCUT2D eigenvalue weighted by Crippen LogP contribution is 2.08. The van der Waals surface area contributed by atoms with Crippen LogP contribution in [-0.4, -0.2) is 27.0 Å². The van der Waals surface area contributed by atoms with E-state index in [9.17, 15) is 9.59 Å². The zero-order valence-corrected chi connectivity index (χ0v) is 9.83. The molecule has 1 amide bonds. The monoisotopic (exact) mass is 257 g/mol. The lowest BCUT2D eigenvalue weighted by atomic mass is 10.1. The van der Waals surface area contributed by atoms with Crippen molar-refractivity contribution >= 4 is 23.9 Å². The van der Waals surface area contributed by atoms with E-state index in [0.717, 1.165) is 6.08 Å². The van der Waals surface area contributed by atoms with Gasteiger partial charge in [-0.1, -0.05) is 12.1 Å². The first-order chi connectivity index (χ1) is 9.15. The molecule has 19 heavy (non-hydrogen) atoms. The normalized spacial score (nSPS) is 10.5. The molecule has 0 radical (unpaired) electrons. The number of hydrogen-bond donors (Lipinski definition) is 3. The molecule has 6 heteroatoms. The van der Waals surface area contributed by atoms with Gasteiger partial charge < -0.3 is 10.1 Å². The van der Waals surface area contributed by atoms with Gasteiger partial charge >= 0.3 is 5.97 Å². The third-order valence-electron chi connectivity index (χ3n) is 2.32. The van der Waals surface area contributed by atoms with Crippen molar-refractivity contribution in [3.05, 3.63) is 53.9 Å². The Morgan fingerprint density at radius 1 is 1.26 bits per heavy atom. The number of carboxylic acids is 1. The van der Waals surface area contributed by atoms with Crippen molar-refractivity contribution in [3.8, 4) is 0 Å². The summed E-state index contributed by atoms with van der Waals surface area (Å²) >= 11 is 0. The number of hydrogen-bond acceptors (Lipinski definition) is 3. The van der Waals surface area contributed by atoms with Gasteiger partial charge in [-0.25, -0.2) is 9.78 Å². The minimum atomic E-state index is -1.01. The molecule has 0 aliphatic rings. The van der Waals surface area contributed by atoms with Crippen LogP contribution in [0.15, 0.2) is 42.7 Å². The molecule has 0 fully saturated rings. The number of aromatic amines is 1. The summed E-state index contributed by atoms with van der Waals surface area (Å²) in [5.74, 6) is -0.928. The van der Waals surface area contributed by atoms with Crippen LogP contribution in [-0.2, 0) is 4.79 Å². The first-order valence-electron chi connectivity index (χ1n) is 5.47. The third-order valence-corrected chi connectivity index (χ3v) is 2.32. The number of carbonyl (C=O) groups is 2. The summed E-state index contributed by atoms with van der Waals surface area (Å²) in [4.78, 5) is 28.8. The topological polar surface area (TPSA) is 95.1 Å². The quantitative estimate of drug-likeness (QED) is 0.727. The number of amides is 1. The number of imidazole rings is 1. The number of rotatable bonds is 4. The van der Waals surface area contributed by atoms with Crippen LogP contribution < -0.4 is 5.32 Å². The maximum absolute atomic E-state index is 11.8. The van der Waals surface area contributed by atoms with Crippen molar-refractivity contribution in [1.82, 2.24) is 9.97 Å². The molecule has 1 aromatic carbocycles. The molecule has 0 spiro atoms. The second kappa shape index (κ2) is 5.63. The molecule has 2 aromatic rings. The number of aliphatic carboxylic acids is 1. The fourth-order valence-electron chi connectivity index (χ4n) is 1.43. The van der Waals surface area contributed by atoms with Crippen LogP contribution in [0, 0.1) is 0 Å². The van der Waals surface area contributed by atoms with E-state index in [1.165, 1.54) is 12.3 Å². The number of aromatic nitrogens is 2. The van der Waals surface area contributed by atoms with Gasteiger partial charge in [0.25, 0.3) is 5.91 Å². The molecule has 96 valence electrons. The van der Waals surface area contributed by atoms with Crippen LogP contribution in [0.25, 0.3) is 6.08 Å². The van der Waals surface area contributed by atoms with Gasteiger partial charge in [0.05, 0.1) is 0 Å². The summed E-state index contributed by atoms with van der Waals surface area (Å²) in [6.07, 6.45) is 5.64. The average Bonchev–Trinajstić information content (AvgIpc) is 2.89. The van der Waals surface area contributed by atoms with Crippen LogP contribution in [0.5, 0.6) is 0 Å². The molecule has 1 heterocycles. The average molecular weight is 257 g/mol. The van der Waals surface area contributed by atoms with E-state index in [1.54, 1.807) is 30.5 Å². The number of carbonyl (C=O) groups excluding carboxylic acids is 1. The van der Waals surface area contributed by atoms with Crippen LogP contribution in [0.3, 0.4) is 0 Å². The van der Waals surface area contributed by atoms with Gasteiger partial charge in [-0.05, 0) is 23.8 Å². The van der Waals surface area contributed by atoms with E-state index < -0.39 is 5.97 Å². The van der Waals surface area contributed by atoms with E-state index in [-0.39, 0.29) is 5.91 Å². The van der Waals surface area contributed by atoms with Gasteiger partial charge in [0.2, 0.25) is 5.95 Å². The van der Waals surface area contributed by atoms with Crippen LogP contribution >= 0.6 is 0 Å². The maximum Gasteiger partial charge on any atom is 0.328 e. The van der Waals surface area contributed by atoms with Crippen molar-refractivity contribution in [1.29, 1.82) is 0 Å². The summed E-state index contributed by atoms with van der Waals surface area (Å²) in [7, 11) is 0. The number of nitrogens with one attached hydrogen (secondary N) is 2. The van der Waals surface area contributed by atoms with Crippen molar-refractivity contribution < 1.29 is 14.7 Å². The summed E-state index contributed by atoms with van der Waals surface area (Å²) in [6.45, 7) is 0. The molecule has 0 unspecified atom stereocenters. The number of anilines is 1. The van der Waals surface area contributed by atoms with Crippen LogP contribution in [0.4, 0.5) is 5.95 Å². The Morgan fingerprint density at radius 3 is 2.58 bits per heavy atom. The fraction of sp³-hybridized carbons (Fsp3) is 0. The van der Waals surface area contributed by atoms with Gasteiger partial charge in [0.15, 0.2) is 0 Å². The molecule has 0 saturated carbocycles. The minimum Gasteiger partial charge on any atom is -0.478 e. The van der Waals surface area contributed by atoms with Crippen molar-refractivity contribution in [3.63, 3.8) is 0 Å². The number of carboxylic acid groups (broad SMARTS) is 1. The zero-order chi connectivity index (χ0) is 13.7. The Morgan fingerprint density at radius 2 is 2.00 bits per heavy atom. The number of nitrogens with zero attached hydrogens (tertiary/aromatic N) is 1. The molecule has 0 bridgehead atoms. The molecule has 3 N–H and O–H groups in total. The standard InChI is InChI=1S/C13H11N3O3/c17-11(18)6-3-9-1-4-10(5-2-9)12(19)16-13-14-7-8-15-13/h1-8H,(H,17,18)(H2,14,15,16,19). The van der Waals surface area contributed by atoms with Crippen molar-refractivity contribution in [2.24, 2.45) is 0 Å². The van der Waals surface area contributed by atoms with E-state index >= 15 is 0 Å². The molecule has 0 saturated heterocycles. The Hall–Kier alpha value is -2.89. The first-order valence-corrected chi connectivity index (χ1v) is 5.47. The summed E-state index contributed by atoms with van der Waals surface area (Å²) in [5, 5.41) is 11.1. The highest BCUT2D eigenvalue weighted by atomic mass is 16.4. The van der Waals surface area contributed by atoms with Crippen LogP contribution in [0.2, 0.25) is 0 Å². The predicted molar refractivity (Wildman–Crippen MR) is 69.7 cm³/mol. The van der Waals surface area contributed by atoms with Crippen molar-refractivity contribution in [2.45, 2.75) is 0 Å². The maximum atomic E-state index is 11.8. The molecular formula is C13H11N3O3. The molecule has 2 rings (SSSR count). The Bertz CT molecular complexity index is 601. The Kier molecular flexibility index (Phi) is 3.72. The Balaban J connectivity index is 2.05. The molecule has 0 aliphatic carbocycles. The second-order valence-electron chi connectivity index (χ2n) is 3.69. The first kappa shape index (κ1) is 12.6. The fourth-order valence-corrected chi connectivity index (χ4v) is 1.43. The van der Waals surface area contributed by atoms with Gasteiger partial charge in [-0.2, -0.15) is 0 Å². The van der Waals surface area contributed by atoms with E-state index in [2.05, 4.69) is 15.3 Å². The van der Waals surface area contributed by atoms with E-state index in [4.69, 9.17) is 5.11 Å². The minimum absolute atomic E-state index is 0.288. The summed E-state index contributed by atoms with van der Waals surface area (Å²) in [5.41, 5.74) is 1.17. The van der Waals surface area contributed by atoms with E-state index in [0.29, 0.717) is 17.1 Å². The lowest BCUT2D eigenvalue weighted by Crippen LogP contribution is -2.12. The molecule has 1 aromatic heterocycles. The van der Waals surface area contributed by atoms with E-state index in [1.807, 2.05) is 0 Å². The highest BCUT2D eigenvalue weighted by Gasteiger charge is 2.06. The van der Waals surface area contributed by atoms with Gasteiger partial charge in [-0.15, -0.1) is 0 Å². The number of benzene rings is 1. The van der Waals surface area contributed by atoms with Gasteiger partial charge in [0.1, 0.15) is 0 Å². The lowest BCUT2D eigenvalue weighted by Gasteiger charge is -2.02. The number of H-pyrrole nitrogens is 1. The zero-order valence-electron chi connectivity index (χ0n) is 9.83. The molecule has 0 atom stereocenters. The summed E-state index contributed by atoms with van der Waals surface area (Å²) in [6, 6.07) is 6.55. The Labute approximate surface area is 108 Å². The molecular weight excluding hydrogens is 246 g/mol. The lowest BCUT2D eigenvalue weighted by molar-refractivity contribution is -0.131. The predicted octanol–water partition coefficient (Wildman–Crippen LogP) is 1.76. The van der Waals surface area contributed by atoms with Crippen molar-refractivity contribution in [2.75, 3.05) is 5.32 Å². The second-order valence-corrected chi connectivity index (χ2v) is 3.69.